The second-order valence-corrected chi connectivity index (χ2v) is 4.43. The minimum absolute atomic E-state index is 0.279. The smallest absolute Gasteiger partial charge is 0.464 e. The van der Waals surface area contributed by atoms with Crippen LogP contribution in [0.2, 0.25) is 0 Å². The molecule has 0 aliphatic rings. The van der Waals surface area contributed by atoms with Crippen LogP contribution >= 0.6 is 7.82 Å². The van der Waals surface area contributed by atoms with Gasteiger partial charge in [-0.25, -0.2) is 9.36 Å². The van der Waals surface area contributed by atoms with Crippen molar-refractivity contribution in [3.63, 3.8) is 0 Å². The van der Waals surface area contributed by atoms with Crippen LogP contribution in [-0.2, 0) is 27.7 Å². The van der Waals surface area contributed by atoms with Crippen LogP contribution in [0.1, 0.15) is 6.92 Å². The monoisotopic (exact) mass is 280 g/mol. The van der Waals surface area contributed by atoms with E-state index in [1.165, 1.54) is 6.92 Å². The zero-order valence-electron chi connectivity index (χ0n) is 9.32. The van der Waals surface area contributed by atoms with E-state index in [-0.39, 0.29) is 6.61 Å². The van der Waals surface area contributed by atoms with Crippen LogP contribution in [0.4, 0.5) is 13.2 Å². The van der Waals surface area contributed by atoms with Crippen LogP contribution in [0.5, 0.6) is 0 Å². The van der Waals surface area contributed by atoms with Crippen LogP contribution in [0.25, 0.3) is 0 Å². The van der Waals surface area contributed by atoms with Crippen LogP contribution < -0.4 is 0 Å². The average Bonchev–Trinajstić information content (AvgIpc) is 2.24. The fourth-order valence-electron chi connectivity index (χ4n) is 0.744. The maximum atomic E-state index is 12.4. The fraction of sp³-hybridized carbons (Fsp3) is 0.857. The molecule has 0 rings (SSSR count). The van der Waals surface area contributed by atoms with Crippen LogP contribution in [-0.4, -0.2) is 39.1 Å². The van der Waals surface area contributed by atoms with Crippen LogP contribution in [0, 0.1) is 0 Å². The van der Waals surface area contributed by atoms with Crippen molar-refractivity contribution in [3.05, 3.63) is 0 Å². The Morgan fingerprint density at radius 2 is 1.76 bits per heavy atom. The zero-order chi connectivity index (χ0) is 13.7. The summed E-state index contributed by atoms with van der Waals surface area (Å²) in [6.07, 6.45) is -8.10. The van der Waals surface area contributed by atoms with Crippen molar-refractivity contribution >= 4 is 13.8 Å². The standard InChI is InChI=1S/C7H12F3O6P/c1-4-15-6(11)5(7(8,9)10)16-17(12,13-2)14-3/h5H,4H2,1-3H3/t5-/m1/s1. The number of ether oxygens (including phenoxy) is 1. The van der Waals surface area contributed by atoms with E-state index in [0.717, 1.165) is 14.2 Å². The lowest BCUT2D eigenvalue weighted by Gasteiger charge is -2.22. The summed E-state index contributed by atoms with van der Waals surface area (Å²) in [6, 6.07) is 0. The molecule has 0 heterocycles. The number of esters is 1. The number of hydrogen-bond donors (Lipinski definition) is 0. The highest BCUT2D eigenvalue weighted by Gasteiger charge is 2.51. The summed E-state index contributed by atoms with van der Waals surface area (Å²) in [4.78, 5) is 11.0. The quantitative estimate of drug-likeness (QED) is 0.546. The Morgan fingerprint density at radius 1 is 1.29 bits per heavy atom. The molecular weight excluding hydrogens is 268 g/mol. The molecule has 6 nitrogen and oxygen atoms in total. The Labute approximate surface area is 95.6 Å². The molecule has 0 amide bonds. The Kier molecular flexibility index (Phi) is 6.11. The van der Waals surface area contributed by atoms with Crippen molar-refractivity contribution in [3.8, 4) is 0 Å². The Bertz CT molecular complexity index is 296. The van der Waals surface area contributed by atoms with Gasteiger partial charge in [0.1, 0.15) is 0 Å². The maximum Gasteiger partial charge on any atom is 0.475 e. The molecule has 0 aliphatic carbocycles. The molecule has 17 heavy (non-hydrogen) atoms. The highest BCUT2D eigenvalue weighted by atomic mass is 31.2. The van der Waals surface area contributed by atoms with E-state index >= 15 is 0 Å². The predicted molar refractivity (Wildman–Crippen MR) is 49.2 cm³/mol. The lowest BCUT2D eigenvalue weighted by Crippen LogP contribution is -2.39. The molecule has 0 aromatic rings. The van der Waals surface area contributed by atoms with E-state index in [2.05, 4.69) is 18.3 Å². The summed E-state index contributed by atoms with van der Waals surface area (Å²) in [7, 11) is -2.79. The highest BCUT2D eigenvalue weighted by Crippen LogP contribution is 2.50. The number of phosphoric acid groups is 1. The number of carbonyl (C=O) groups is 1. The van der Waals surface area contributed by atoms with Crippen LogP contribution in [0.3, 0.4) is 0 Å². The largest absolute Gasteiger partial charge is 0.475 e. The van der Waals surface area contributed by atoms with Gasteiger partial charge in [-0.3, -0.25) is 13.6 Å². The summed E-state index contributed by atoms with van der Waals surface area (Å²) in [5, 5.41) is 0. The molecule has 0 saturated carbocycles. The van der Waals surface area contributed by atoms with Crippen molar-refractivity contribution < 1.29 is 40.8 Å². The first-order valence-electron chi connectivity index (χ1n) is 4.33. The normalized spacial score (nSPS) is 14.5. The molecule has 0 spiro atoms. The fourth-order valence-corrected chi connectivity index (χ4v) is 1.53. The lowest BCUT2D eigenvalue weighted by molar-refractivity contribution is -0.214. The van der Waals surface area contributed by atoms with Crippen molar-refractivity contribution in [2.45, 2.75) is 19.2 Å². The van der Waals surface area contributed by atoms with E-state index < -0.39 is 26.1 Å². The topological polar surface area (TPSA) is 71.1 Å². The number of hydrogen-bond acceptors (Lipinski definition) is 6. The number of phosphoric ester groups is 1. The van der Waals surface area contributed by atoms with Gasteiger partial charge in [0.15, 0.2) is 0 Å². The summed E-state index contributed by atoms with van der Waals surface area (Å²) < 4.78 is 65.1. The van der Waals surface area contributed by atoms with Crippen molar-refractivity contribution in [2.75, 3.05) is 20.8 Å². The van der Waals surface area contributed by atoms with Gasteiger partial charge in [-0.1, -0.05) is 0 Å². The molecule has 0 radical (unpaired) electrons. The molecule has 0 bridgehead atoms. The molecule has 0 saturated heterocycles. The maximum absolute atomic E-state index is 12.4. The molecule has 1 atom stereocenters. The third kappa shape index (κ3) is 5.03. The number of halogens is 3. The molecule has 0 aromatic heterocycles. The first-order chi connectivity index (χ1) is 7.70. The van der Waals surface area contributed by atoms with E-state index in [0.29, 0.717) is 0 Å². The lowest BCUT2D eigenvalue weighted by atomic mass is 10.3. The number of rotatable bonds is 6. The van der Waals surface area contributed by atoms with Gasteiger partial charge in [-0.2, -0.15) is 13.2 Å². The van der Waals surface area contributed by atoms with E-state index in [1.54, 1.807) is 0 Å². The van der Waals surface area contributed by atoms with Crippen molar-refractivity contribution in [2.24, 2.45) is 0 Å². The number of alkyl halides is 3. The van der Waals surface area contributed by atoms with E-state index in [9.17, 15) is 22.5 Å². The van der Waals surface area contributed by atoms with Crippen molar-refractivity contribution in [1.82, 2.24) is 0 Å². The van der Waals surface area contributed by atoms with Gasteiger partial charge in [-0.05, 0) is 6.92 Å². The Hall–Kier alpha value is -0.630. The van der Waals surface area contributed by atoms with Crippen LogP contribution in [0.15, 0.2) is 0 Å². The third-order valence-corrected chi connectivity index (χ3v) is 2.84. The molecular formula is C7H12F3O6P. The molecule has 0 unspecified atom stereocenters. The summed E-state index contributed by atoms with van der Waals surface area (Å²) in [6.45, 7) is 1.04. The van der Waals surface area contributed by atoms with Gasteiger partial charge >= 0.3 is 20.0 Å². The summed E-state index contributed by atoms with van der Waals surface area (Å²) >= 11 is 0. The van der Waals surface area contributed by atoms with Gasteiger partial charge in [0.05, 0.1) is 6.61 Å². The first kappa shape index (κ1) is 16.4. The molecule has 102 valence electrons. The van der Waals surface area contributed by atoms with Gasteiger partial charge in [-0.15, -0.1) is 0 Å². The van der Waals surface area contributed by atoms with Crippen molar-refractivity contribution in [1.29, 1.82) is 0 Å². The minimum Gasteiger partial charge on any atom is -0.464 e. The van der Waals surface area contributed by atoms with Gasteiger partial charge in [0.2, 0.25) is 0 Å². The van der Waals surface area contributed by atoms with Gasteiger partial charge < -0.3 is 4.74 Å². The first-order valence-corrected chi connectivity index (χ1v) is 5.79. The van der Waals surface area contributed by atoms with E-state index in [4.69, 9.17) is 0 Å². The Morgan fingerprint density at radius 3 is 2.06 bits per heavy atom. The Balaban J connectivity index is 4.97. The number of carbonyl (C=O) groups excluding carboxylic acids is 1. The summed E-state index contributed by atoms with van der Waals surface area (Å²) in [5.41, 5.74) is 0. The SMILES string of the molecule is CCOC(=O)[C@@H](OP(=O)(OC)OC)C(F)(F)F. The minimum atomic E-state index is -5.08. The molecule has 10 heteroatoms. The zero-order valence-corrected chi connectivity index (χ0v) is 10.2. The predicted octanol–water partition coefficient (Wildman–Crippen LogP) is 1.90. The average molecular weight is 280 g/mol. The highest BCUT2D eigenvalue weighted by molar-refractivity contribution is 7.48. The van der Waals surface area contributed by atoms with Gasteiger partial charge in [0.25, 0.3) is 6.10 Å². The molecule has 0 fully saturated rings. The third-order valence-electron chi connectivity index (χ3n) is 1.48. The molecule has 0 aliphatic heterocycles. The van der Waals surface area contributed by atoms with E-state index in [1.807, 2.05) is 0 Å². The van der Waals surface area contributed by atoms with Gasteiger partial charge in [0, 0.05) is 14.2 Å². The molecule has 0 aromatic carbocycles. The summed E-state index contributed by atoms with van der Waals surface area (Å²) in [5.74, 6) is -1.71. The second-order valence-electron chi connectivity index (χ2n) is 2.59. The molecule has 0 N–H and O–H groups in total. The second kappa shape index (κ2) is 6.34.